The van der Waals surface area contributed by atoms with Crippen molar-refractivity contribution in [1.82, 2.24) is 4.90 Å². The molecule has 29 heavy (non-hydrogen) atoms. The van der Waals surface area contributed by atoms with Gasteiger partial charge in [-0.05, 0) is 42.3 Å². The molecule has 156 valence electrons. The van der Waals surface area contributed by atoms with E-state index in [2.05, 4.69) is 9.62 Å². The minimum absolute atomic E-state index is 0.122. The Morgan fingerprint density at radius 2 is 1.66 bits per heavy atom. The van der Waals surface area contributed by atoms with E-state index in [9.17, 15) is 13.2 Å². The first-order valence-corrected chi connectivity index (χ1v) is 11.9. The number of carbonyl (C=O) groups excluding carboxylic acids is 1. The minimum atomic E-state index is -3.29. The molecule has 1 aliphatic heterocycles. The Morgan fingerprint density at radius 1 is 1.00 bits per heavy atom. The van der Waals surface area contributed by atoms with Crippen LogP contribution in [0.1, 0.15) is 12.0 Å². The average Bonchev–Trinajstić information content (AvgIpc) is 2.68. The van der Waals surface area contributed by atoms with Crippen LogP contribution < -0.4 is 9.62 Å². The van der Waals surface area contributed by atoms with Gasteiger partial charge in [-0.15, -0.1) is 0 Å². The Labute approximate surface area is 181 Å². The molecule has 2 aromatic carbocycles. The number of piperazine rings is 1. The van der Waals surface area contributed by atoms with E-state index in [0.717, 1.165) is 30.6 Å². The lowest BCUT2D eigenvalue weighted by Gasteiger charge is -2.36. The van der Waals surface area contributed by atoms with Crippen molar-refractivity contribution in [3.63, 3.8) is 0 Å². The fourth-order valence-corrected chi connectivity index (χ4v) is 4.12. The predicted molar refractivity (Wildman–Crippen MR) is 118 cm³/mol. The van der Waals surface area contributed by atoms with Gasteiger partial charge in [0, 0.05) is 44.0 Å². The van der Waals surface area contributed by atoms with Crippen LogP contribution in [0.4, 0.5) is 11.4 Å². The number of sulfonamides is 1. The van der Waals surface area contributed by atoms with Crippen molar-refractivity contribution >= 4 is 50.5 Å². The maximum Gasteiger partial charge on any atom is 0.229 e. The van der Waals surface area contributed by atoms with E-state index in [1.54, 1.807) is 18.2 Å². The maximum absolute atomic E-state index is 12.5. The molecule has 0 aliphatic carbocycles. The Kier molecular flexibility index (Phi) is 6.93. The minimum Gasteiger partial charge on any atom is -0.368 e. The number of nitrogens with zero attached hydrogens (tertiary/aromatic N) is 2. The van der Waals surface area contributed by atoms with E-state index in [1.807, 2.05) is 29.2 Å². The SMILES string of the molecule is CS(=O)(=O)Nc1ccc(CCC(=O)N2CCN(c3ccc(Cl)c(Cl)c3)CC2)cc1. The van der Waals surface area contributed by atoms with Crippen molar-refractivity contribution in [3.8, 4) is 0 Å². The molecule has 3 rings (SSSR count). The van der Waals surface area contributed by atoms with Gasteiger partial charge in [-0.25, -0.2) is 8.42 Å². The molecule has 0 radical (unpaired) electrons. The van der Waals surface area contributed by atoms with Crippen molar-refractivity contribution < 1.29 is 13.2 Å². The number of carbonyl (C=O) groups is 1. The summed E-state index contributed by atoms with van der Waals surface area (Å²) in [5.74, 6) is 0.122. The second-order valence-electron chi connectivity index (χ2n) is 7.04. The van der Waals surface area contributed by atoms with Crippen molar-refractivity contribution in [1.29, 1.82) is 0 Å². The first-order chi connectivity index (χ1) is 13.7. The summed E-state index contributed by atoms with van der Waals surface area (Å²) in [6, 6.07) is 12.7. The molecule has 1 N–H and O–H groups in total. The van der Waals surface area contributed by atoms with E-state index < -0.39 is 10.0 Å². The van der Waals surface area contributed by atoms with Gasteiger partial charge in [0.05, 0.1) is 16.3 Å². The van der Waals surface area contributed by atoms with E-state index in [1.165, 1.54) is 0 Å². The lowest BCUT2D eigenvalue weighted by molar-refractivity contribution is -0.131. The summed E-state index contributed by atoms with van der Waals surface area (Å²) in [6.07, 6.45) is 2.15. The van der Waals surface area contributed by atoms with Crippen LogP contribution in [0.2, 0.25) is 10.0 Å². The molecule has 1 aliphatic rings. The van der Waals surface area contributed by atoms with Crippen LogP contribution in [0, 0.1) is 0 Å². The van der Waals surface area contributed by atoms with Crippen LogP contribution in [0.15, 0.2) is 42.5 Å². The summed E-state index contributed by atoms with van der Waals surface area (Å²) in [5.41, 5.74) is 2.52. The van der Waals surface area contributed by atoms with Crippen LogP contribution in [0.3, 0.4) is 0 Å². The topological polar surface area (TPSA) is 69.7 Å². The van der Waals surface area contributed by atoms with Crippen LogP contribution in [0.5, 0.6) is 0 Å². The molecule has 0 saturated carbocycles. The van der Waals surface area contributed by atoms with E-state index in [4.69, 9.17) is 23.2 Å². The maximum atomic E-state index is 12.5. The molecule has 1 fully saturated rings. The standard InChI is InChI=1S/C20H23Cl2N3O3S/c1-29(27,28)23-16-5-2-15(3-6-16)4-9-20(26)25-12-10-24(11-13-25)17-7-8-18(21)19(22)14-17/h2-3,5-8,14,23H,4,9-13H2,1H3. The molecule has 0 bridgehead atoms. The van der Waals surface area contributed by atoms with Gasteiger partial charge in [-0.1, -0.05) is 35.3 Å². The predicted octanol–water partition coefficient (Wildman–Crippen LogP) is 3.65. The van der Waals surface area contributed by atoms with Crippen molar-refractivity contribution in [2.75, 3.05) is 42.1 Å². The number of benzene rings is 2. The van der Waals surface area contributed by atoms with Crippen molar-refractivity contribution in [2.24, 2.45) is 0 Å². The first-order valence-electron chi connectivity index (χ1n) is 9.26. The lowest BCUT2D eigenvalue weighted by Crippen LogP contribution is -2.48. The number of hydrogen-bond acceptors (Lipinski definition) is 4. The number of nitrogens with one attached hydrogen (secondary N) is 1. The Hall–Kier alpha value is -1.96. The zero-order chi connectivity index (χ0) is 21.0. The number of rotatable bonds is 6. The second kappa shape index (κ2) is 9.24. The third-order valence-electron chi connectivity index (χ3n) is 4.79. The number of hydrogen-bond donors (Lipinski definition) is 1. The fourth-order valence-electron chi connectivity index (χ4n) is 3.26. The summed E-state index contributed by atoms with van der Waals surface area (Å²) < 4.78 is 24.9. The zero-order valence-electron chi connectivity index (χ0n) is 16.1. The largest absolute Gasteiger partial charge is 0.368 e. The molecule has 0 spiro atoms. The van der Waals surface area contributed by atoms with Gasteiger partial charge in [0.15, 0.2) is 0 Å². The normalized spacial score (nSPS) is 14.7. The van der Waals surface area contributed by atoms with Gasteiger partial charge in [-0.2, -0.15) is 0 Å². The first kappa shape index (κ1) is 21.7. The number of halogens is 2. The smallest absolute Gasteiger partial charge is 0.229 e. The lowest BCUT2D eigenvalue weighted by atomic mass is 10.1. The van der Waals surface area contributed by atoms with Gasteiger partial charge < -0.3 is 9.80 Å². The van der Waals surface area contributed by atoms with Gasteiger partial charge in [0.2, 0.25) is 15.9 Å². The highest BCUT2D eigenvalue weighted by Gasteiger charge is 2.21. The number of aryl methyl sites for hydroxylation is 1. The molecule has 0 atom stereocenters. The van der Waals surface area contributed by atoms with Crippen LogP contribution in [-0.2, 0) is 21.2 Å². The van der Waals surface area contributed by atoms with E-state index in [0.29, 0.717) is 41.7 Å². The van der Waals surface area contributed by atoms with E-state index in [-0.39, 0.29) is 5.91 Å². The van der Waals surface area contributed by atoms with Crippen LogP contribution in [-0.4, -0.2) is 51.7 Å². The van der Waals surface area contributed by atoms with E-state index >= 15 is 0 Å². The molecule has 1 heterocycles. The summed E-state index contributed by atoms with van der Waals surface area (Å²) in [4.78, 5) is 16.6. The number of anilines is 2. The summed E-state index contributed by atoms with van der Waals surface area (Å²) in [7, 11) is -3.29. The molecular weight excluding hydrogens is 433 g/mol. The highest BCUT2D eigenvalue weighted by molar-refractivity contribution is 7.92. The highest BCUT2D eigenvalue weighted by Crippen LogP contribution is 2.27. The molecule has 0 aromatic heterocycles. The summed E-state index contributed by atoms with van der Waals surface area (Å²) in [5, 5.41) is 1.06. The van der Waals surface area contributed by atoms with Crippen molar-refractivity contribution in [2.45, 2.75) is 12.8 Å². The van der Waals surface area contributed by atoms with Crippen LogP contribution >= 0.6 is 23.2 Å². The second-order valence-corrected chi connectivity index (χ2v) is 9.60. The Morgan fingerprint density at radius 3 is 2.24 bits per heavy atom. The van der Waals surface area contributed by atoms with Gasteiger partial charge in [-0.3, -0.25) is 9.52 Å². The highest BCUT2D eigenvalue weighted by atomic mass is 35.5. The molecule has 1 saturated heterocycles. The molecule has 9 heteroatoms. The zero-order valence-corrected chi connectivity index (χ0v) is 18.4. The third-order valence-corrected chi connectivity index (χ3v) is 6.13. The molecule has 1 amide bonds. The molecule has 0 unspecified atom stereocenters. The Bertz CT molecular complexity index is 973. The van der Waals surface area contributed by atoms with Gasteiger partial charge in [0.25, 0.3) is 0 Å². The monoisotopic (exact) mass is 455 g/mol. The van der Waals surface area contributed by atoms with Gasteiger partial charge in [0.1, 0.15) is 0 Å². The van der Waals surface area contributed by atoms with Gasteiger partial charge >= 0.3 is 0 Å². The average molecular weight is 456 g/mol. The summed E-state index contributed by atoms with van der Waals surface area (Å²) in [6.45, 7) is 2.82. The quantitative estimate of drug-likeness (QED) is 0.721. The summed E-state index contributed by atoms with van der Waals surface area (Å²) >= 11 is 12.1. The van der Waals surface area contributed by atoms with Crippen LogP contribution in [0.25, 0.3) is 0 Å². The molecular formula is C20H23Cl2N3O3S. The Balaban J connectivity index is 1.48. The number of amides is 1. The molecule has 6 nitrogen and oxygen atoms in total. The fraction of sp³-hybridized carbons (Fsp3) is 0.350. The molecule has 2 aromatic rings. The van der Waals surface area contributed by atoms with Crippen molar-refractivity contribution in [3.05, 3.63) is 58.1 Å². The third kappa shape index (κ3) is 6.26.